The topological polar surface area (TPSA) is 57.6 Å². The molecule has 37 heavy (non-hydrogen) atoms. The Hall–Kier alpha value is -2.57. The van der Waals surface area contributed by atoms with E-state index in [0.717, 1.165) is 61.5 Å². The molecule has 1 aromatic heterocycles. The van der Waals surface area contributed by atoms with Crippen molar-refractivity contribution in [1.82, 2.24) is 15.2 Å². The quantitative estimate of drug-likeness (QED) is 0.151. The van der Waals surface area contributed by atoms with Gasteiger partial charge in [0, 0.05) is 24.0 Å². The molecular weight excluding hydrogens is 476 g/mol. The van der Waals surface area contributed by atoms with Crippen molar-refractivity contribution < 1.29 is 4.79 Å². The summed E-state index contributed by atoms with van der Waals surface area (Å²) in [5.74, 6) is -0.0130. The summed E-state index contributed by atoms with van der Waals surface area (Å²) < 4.78 is 0. The fraction of sp³-hybridized carbons (Fsp3) is 0.516. The molecule has 0 bridgehead atoms. The Labute approximate surface area is 229 Å². The second kappa shape index (κ2) is 20.5. The van der Waals surface area contributed by atoms with Crippen LogP contribution < -0.4 is 5.32 Å². The first-order valence-electron chi connectivity index (χ1n) is 13.8. The first-order chi connectivity index (χ1) is 18.0. The van der Waals surface area contributed by atoms with Crippen molar-refractivity contribution in [2.24, 2.45) is 4.99 Å². The number of nitrogens with one attached hydrogen (secondary N) is 1. The minimum absolute atomic E-state index is 0.0130. The highest BCUT2D eigenvalue weighted by Crippen LogP contribution is 2.24. The lowest BCUT2D eigenvalue weighted by atomic mass is 9.93. The van der Waals surface area contributed by atoms with Crippen molar-refractivity contribution in [2.45, 2.75) is 79.7 Å². The van der Waals surface area contributed by atoms with Crippen molar-refractivity contribution in [3.63, 3.8) is 0 Å². The number of thiazole rings is 1. The van der Waals surface area contributed by atoms with Gasteiger partial charge in [-0.25, -0.2) is 0 Å². The van der Waals surface area contributed by atoms with Gasteiger partial charge in [-0.1, -0.05) is 58.1 Å². The summed E-state index contributed by atoms with van der Waals surface area (Å²) in [6.45, 7) is 19.8. The van der Waals surface area contributed by atoms with Crippen molar-refractivity contribution in [3.05, 3.63) is 76.3 Å². The van der Waals surface area contributed by atoms with Crippen LogP contribution in [-0.2, 0) is 11.3 Å². The summed E-state index contributed by atoms with van der Waals surface area (Å²) in [5, 5.41) is 2.93. The van der Waals surface area contributed by atoms with Crippen LogP contribution in [0, 0.1) is 0 Å². The maximum atomic E-state index is 12.2. The van der Waals surface area contributed by atoms with E-state index in [2.05, 4.69) is 78.8 Å². The van der Waals surface area contributed by atoms with Gasteiger partial charge in [0.05, 0.1) is 17.8 Å². The number of aromatic nitrogens is 1. The Balaban J connectivity index is 2.98. The highest BCUT2D eigenvalue weighted by molar-refractivity contribution is 7.09. The number of hydrogen-bond acceptors (Lipinski definition) is 5. The van der Waals surface area contributed by atoms with Crippen LogP contribution in [0.3, 0.4) is 0 Å². The van der Waals surface area contributed by atoms with Crippen LogP contribution in [0.1, 0.15) is 78.0 Å². The minimum atomic E-state index is -0.0130. The average molecular weight is 525 g/mol. The Kier molecular flexibility index (Phi) is 18.0. The lowest BCUT2D eigenvalue weighted by molar-refractivity contribution is -0.120. The van der Waals surface area contributed by atoms with E-state index in [4.69, 9.17) is 0 Å². The maximum Gasteiger partial charge on any atom is 0.224 e. The molecule has 0 saturated heterocycles. The van der Waals surface area contributed by atoms with Gasteiger partial charge < -0.3 is 10.2 Å². The molecule has 0 atom stereocenters. The third kappa shape index (κ3) is 14.1. The molecule has 0 saturated carbocycles. The predicted molar refractivity (Wildman–Crippen MR) is 162 cm³/mol. The van der Waals surface area contributed by atoms with Gasteiger partial charge >= 0.3 is 0 Å². The summed E-state index contributed by atoms with van der Waals surface area (Å²) in [4.78, 5) is 24.5. The molecule has 5 nitrogen and oxygen atoms in total. The zero-order valence-corrected chi connectivity index (χ0v) is 24.6. The zero-order valence-electron chi connectivity index (χ0n) is 23.8. The van der Waals surface area contributed by atoms with Gasteiger partial charge in [-0.15, -0.1) is 11.3 Å². The second-order valence-corrected chi connectivity index (χ2v) is 9.88. The molecule has 0 aliphatic rings. The number of nitrogens with zero attached hydrogens (tertiary/aromatic N) is 3. The monoisotopic (exact) mass is 524 g/mol. The van der Waals surface area contributed by atoms with E-state index < -0.39 is 0 Å². The van der Waals surface area contributed by atoms with Gasteiger partial charge in [-0.05, 0) is 88.0 Å². The molecule has 0 fully saturated rings. The van der Waals surface area contributed by atoms with Gasteiger partial charge in [0.2, 0.25) is 5.91 Å². The van der Waals surface area contributed by atoms with Gasteiger partial charge in [0.15, 0.2) is 0 Å². The van der Waals surface area contributed by atoms with Crippen molar-refractivity contribution >= 4 is 23.0 Å². The van der Waals surface area contributed by atoms with Crippen LogP contribution in [0.2, 0.25) is 0 Å². The molecule has 0 unspecified atom stereocenters. The number of carbonyl (C=O) groups is 1. The molecule has 0 spiro atoms. The van der Waals surface area contributed by atoms with Gasteiger partial charge in [-0.2, -0.15) is 0 Å². The summed E-state index contributed by atoms with van der Waals surface area (Å²) >= 11 is 1.54. The zero-order chi connectivity index (χ0) is 27.3. The van der Waals surface area contributed by atoms with E-state index in [1.165, 1.54) is 28.9 Å². The lowest BCUT2D eigenvalue weighted by Crippen LogP contribution is -2.25. The van der Waals surface area contributed by atoms with Gasteiger partial charge in [0.1, 0.15) is 0 Å². The van der Waals surface area contributed by atoms with E-state index in [0.29, 0.717) is 19.5 Å². The molecule has 1 heterocycles. The van der Waals surface area contributed by atoms with E-state index in [-0.39, 0.29) is 5.91 Å². The number of aliphatic imine (C=N–C) groups is 1. The maximum absolute atomic E-state index is 12.2. The Bertz CT molecular complexity index is 938. The normalized spacial score (nSPS) is 13.3. The number of carbonyl (C=O) groups excluding carboxylic acids is 1. The number of allylic oxidation sites excluding steroid dienone is 8. The lowest BCUT2D eigenvalue weighted by Gasteiger charge is -2.20. The molecule has 0 aliphatic carbocycles. The van der Waals surface area contributed by atoms with Gasteiger partial charge in [0.25, 0.3) is 0 Å². The fourth-order valence-corrected chi connectivity index (χ4v) is 4.56. The van der Waals surface area contributed by atoms with E-state index in [1.54, 1.807) is 11.7 Å². The smallest absolute Gasteiger partial charge is 0.224 e. The van der Waals surface area contributed by atoms with Crippen LogP contribution in [0.15, 0.2) is 76.5 Å². The SMILES string of the molecule is C=C(CCC)C(/C=C/C(/C=C\CC(=O)NCc1cncs1)=NCC)=C(/C=C\C)CCCN(CC)CCC. The molecule has 0 aromatic carbocycles. The molecular formula is C31H48N4OS. The highest BCUT2D eigenvalue weighted by Gasteiger charge is 2.08. The first-order valence-corrected chi connectivity index (χ1v) is 14.7. The molecule has 6 heteroatoms. The molecule has 1 N–H and O–H groups in total. The van der Waals surface area contributed by atoms with E-state index in [9.17, 15) is 4.79 Å². The second-order valence-electron chi connectivity index (χ2n) is 8.91. The van der Waals surface area contributed by atoms with E-state index >= 15 is 0 Å². The summed E-state index contributed by atoms with van der Waals surface area (Å²) in [5.41, 5.74) is 6.33. The van der Waals surface area contributed by atoms with Crippen molar-refractivity contribution in [3.8, 4) is 0 Å². The van der Waals surface area contributed by atoms with Gasteiger partial charge in [-0.3, -0.25) is 14.8 Å². The molecule has 0 radical (unpaired) electrons. The third-order valence-corrected chi connectivity index (χ3v) is 6.63. The molecule has 1 aromatic rings. The standard InChI is InChI=1S/C31H48N4OS/c1-7-14-26(6)30(27(15-8-2)16-13-22-35(11-5)21-9-3)20-19-28(33-10-4)17-12-18-31(36)34-24-29-23-32-25-37-29/h8,12,15,17,19-20,23,25H,6-7,9-11,13-14,16,18,21-22,24H2,1-5H3,(H,34,36)/b15-8-,17-12-,20-19+,30-27-,33-28?. The third-order valence-electron chi connectivity index (χ3n) is 5.85. The van der Waals surface area contributed by atoms with Crippen LogP contribution in [0.5, 0.6) is 0 Å². The van der Waals surface area contributed by atoms with E-state index in [1.807, 2.05) is 19.1 Å². The van der Waals surface area contributed by atoms with Crippen LogP contribution >= 0.6 is 11.3 Å². The average Bonchev–Trinajstić information content (AvgIpc) is 3.41. The summed E-state index contributed by atoms with van der Waals surface area (Å²) in [6, 6.07) is 0. The summed E-state index contributed by atoms with van der Waals surface area (Å²) in [7, 11) is 0. The molecule has 204 valence electrons. The number of hydrogen-bond donors (Lipinski definition) is 1. The fourth-order valence-electron chi connectivity index (χ4n) is 4.02. The Morgan fingerprint density at radius 3 is 2.54 bits per heavy atom. The Morgan fingerprint density at radius 2 is 1.92 bits per heavy atom. The predicted octanol–water partition coefficient (Wildman–Crippen LogP) is 7.46. The molecule has 0 aliphatic heterocycles. The minimum Gasteiger partial charge on any atom is -0.351 e. The van der Waals surface area contributed by atoms with Crippen molar-refractivity contribution in [2.75, 3.05) is 26.2 Å². The largest absolute Gasteiger partial charge is 0.351 e. The highest BCUT2D eigenvalue weighted by atomic mass is 32.1. The molecule has 1 rings (SSSR count). The van der Waals surface area contributed by atoms with Crippen LogP contribution in [-0.4, -0.2) is 47.7 Å². The van der Waals surface area contributed by atoms with Crippen LogP contribution in [0.4, 0.5) is 0 Å². The molecule has 1 amide bonds. The summed E-state index contributed by atoms with van der Waals surface area (Å²) in [6.07, 6.45) is 19.8. The Morgan fingerprint density at radius 1 is 1.11 bits per heavy atom. The van der Waals surface area contributed by atoms with Crippen molar-refractivity contribution in [1.29, 1.82) is 0 Å². The number of amides is 1. The van der Waals surface area contributed by atoms with Crippen LogP contribution in [0.25, 0.3) is 0 Å². The number of rotatable bonds is 19. The first kappa shape index (κ1) is 32.5.